The quantitative estimate of drug-likeness (QED) is 0.785. The average Bonchev–Trinajstić information content (AvgIpc) is 2.94. The molecule has 7 nitrogen and oxygen atoms in total. The monoisotopic (exact) mass is 330 g/mol. The fourth-order valence-electron chi connectivity index (χ4n) is 1.98. The summed E-state index contributed by atoms with van der Waals surface area (Å²) in [6, 6.07) is 10.00. The van der Waals surface area contributed by atoms with Gasteiger partial charge in [-0.2, -0.15) is 0 Å². The van der Waals surface area contributed by atoms with Gasteiger partial charge in [0, 0.05) is 30.6 Å². The van der Waals surface area contributed by atoms with Crippen LogP contribution in [0.25, 0.3) is 11.5 Å². The molecule has 0 spiro atoms. The summed E-state index contributed by atoms with van der Waals surface area (Å²) >= 11 is 0. The van der Waals surface area contributed by atoms with Crippen LogP contribution in [0.5, 0.6) is 0 Å². The number of rotatable bonds is 4. The molecular weight excluding hydrogens is 316 g/mol. The molecule has 0 bridgehead atoms. The van der Waals surface area contributed by atoms with Crippen LogP contribution in [0, 0.1) is 6.92 Å². The van der Waals surface area contributed by atoms with Crippen molar-refractivity contribution in [3.63, 3.8) is 0 Å². The van der Waals surface area contributed by atoms with Crippen molar-refractivity contribution >= 4 is 21.3 Å². The molecule has 1 aromatic carbocycles. The number of sulfone groups is 1. The third-order valence-electron chi connectivity index (χ3n) is 3.09. The molecule has 118 valence electrons. The van der Waals surface area contributed by atoms with Gasteiger partial charge >= 0.3 is 0 Å². The molecule has 0 fully saturated rings. The molecule has 0 amide bonds. The largest absolute Gasteiger partial charge is 0.421 e. The zero-order chi connectivity index (χ0) is 16.4. The predicted molar refractivity (Wildman–Crippen MR) is 85.1 cm³/mol. The lowest BCUT2D eigenvalue weighted by atomic mass is 10.2. The Bertz CT molecular complexity index is 933. The Hall–Kier alpha value is -2.74. The van der Waals surface area contributed by atoms with Crippen molar-refractivity contribution in [2.24, 2.45) is 0 Å². The molecule has 23 heavy (non-hydrogen) atoms. The number of nitrogens with zero attached hydrogens (tertiary/aromatic N) is 3. The Kier molecular flexibility index (Phi) is 3.83. The number of aryl methyl sites for hydroxylation is 1. The maximum Gasteiger partial charge on any atom is 0.247 e. The molecule has 0 saturated carbocycles. The molecular formula is C15H14N4O3S. The summed E-state index contributed by atoms with van der Waals surface area (Å²) in [7, 11) is -3.20. The standard InChI is InChI=1S/C15H14N4O3S/c1-10-18-19-15(22-10)11-7-8-16-14(9-11)17-12-3-5-13(6-4-12)23(2,20)21/h3-9H,1-2H3,(H,16,17). The summed E-state index contributed by atoms with van der Waals surface area (Å²) in [4.78, 5) is 4.49. The summed E-state index contributed by atoms with van der Waals surface area (Å²) < 4.78 is 28.3. The maximum absolute atomic E-state index is 11.4. The van der Waals surface area contributed by atoms with E-state index in [1.807, 2.05) is 0 Å². The number of benzene rings is 1. The first-order chi connectivity index (χ1) is 10.9. The van der Waals surface area contributed by atoms with Gasteiger partial charge in [0.15, 0.2) is 9.84 Å². The molecule has 2 aromatic heterocycles. The maximum atomic E-state index is 11.4. The van der Waals surface area contributed by atoms with Crippen LogP contribution in [0.4, 0.5) is 11.5 Å². The molecule has 1 N–H and O–H groups in total. The van der Waals surface area contributed by atoms with Gasteiger partial charge < -0.3 is 9.73 Å². The van der Waals surface area contributed by atoms with Crippen LogP contribution in [0.3, 0.4) is 0 Å². The van der Waals surface area contributed by atoms with Crippen LogP contribution in [0.15, 0.2) is 51.9 Å². The summed E-state index contributed by atoms with van der Waals surface area (Å²) in [6.07, 6.45) is 2.80. The first-order valence-electron chi connectivity index (χ1n) is 6.75. The second kappa shape index (κ2) is 5.81. The molecule has 8 heteroatoms. The number of anilines is 2. The van der Waals surface area contributed by atoms with Gasteiger partial charge in [0.25, 0.3) is 0 Å². The van der Waals surface area contributed by atoms with Gasteiger partial charge in [-0.05, 0) is 36.4 Å². The van der Waals surface area contributed by atoms with Crippen LogP contribution in [-0.4, -0.2) is 29.9 Å². The molecule has 0 saturated heterocycles. The van der Waals surface area contributed by atoms with E-state index in [2.05, 4.69) is 20.5 Å². The van der Waals surface area contributed by atoms with Crippen molar-refractivity contribution in [2.45, 2.75) is 11.8 Å². The fourth-order valence-corrected chi connectivity index (χ4v) is 2.61. The highest BCUT2D eigenvalue weighted by Gasteiger charge is 2.09. The van der Waals surface area contributed by atoms with Crippen LogP contribution < -0.4 is 5.32 Å². The normalized spacial score (nSPS) is 11.4. The van der Waals surface area contributed by atoms with Gasteiger partial charge in [-0.15, -0.1) is 10.2 Å². The molecule has 0 aliphatic carbocycles. The van der Waals surface area contributed by atoms with Crippen molar-refractivity contribution in [1.29, 1.82) is 0 Å². The second-order valence-corrected chi connectivity index (χ2v) is 6.99. The highest BCUT2D eigenvalue weighted by molar-refractivity contribution is 7.90. The number of pyridine rings is 1. The van der Waals surface area contributed by atoms with Gasteiger partial charge in [0.05, 0.1) is 4.90 Å². The van der Waals surface area contributed by atoms with E-state index in [1.165, 1.54) is 6.26 Å². The highest BCUT2D eigenvalue weighted by atomic mass is 32.2. The Balaban J connectivity index is 1.83. The Labute approximate surface area is 133 Å². The molecule has 0 atom stereocenters. The molecule has 3 rings (SSSR count). The van der Waals surface area contributed by atoms with Crippen molar-refractivity contribution < 1.29 is 12.8 Å². The van der Waals surface area contributed by atoms with E-state index < -0.39 is 9.84 Å². The first-order valence-corrected chi connectivity index (χ1v) is 8.65. The van der Waals surface area contributed by atoms with Gasteiger partial charge in [-0.3, -0.25) is 0 Å². The molecule has 2 heterocycles. The second-order valence-electron chi connectivity index (χ2n) is 4.98. The Morgan fingerprint density at radius 3 is 2.43 bits per heavy atom. The smallest absolute Gasteiger partial charge is 0.247 e. The van der Waals surface area contributed by atoms with E-state index in [1.54, 1.807) is 49.5 Å². The topological polar surface area (TPSA) is 98.0 Å². The minimum Gasteiger partial charge on any atom is -0.421 e. The van der Waals surface area contributed by atoms with Gasteiger partial charge in [-0.25, -0.2) is 13.4 Å². The molecule has 0 radical (unpaired) electrons. The van der Waals surface area contributed by atoms with Crippen molar-refractivity contribution in [1.82, 2.24) is 15.2 Å². The van der Waals surface area contributed by atoms with Crippen LogP contribution in [-0.2, 0) is 9.84 Å². The lowest BCUT2D eigenvalue weighted by molar-refractivity contribution is 0.532. The first kappa shape index (κ1) is 15.2. The third kappa shape index (κ3) is 3.54. The molecule has 0 unspecified atom stereocenters. The molecule has 0 aliphatic rings. The lowest BCUT2D eigenvalue weighted by Gasteiger charge is -2.07. The SMILES string of the molecule is Cc1nnc(-c2ccnc(Nc3ccc(S(C)(=O)=O)cc3)c2)o1. The average molecular weight is 330 g/mol. The van der Waals surface area contributed by atoms with Gasteiger partial charge in [0.2, 0.25) is 11.8 Å². The van der Waals surface area contributed by atoms with Crippen LogP contribution in [0.1, 0.15) is 5.89 Å². The Morgan fingerprint density at radius 2 is 1.83 bits per heavy atom. The summed E-state index contributed by atoms with van der Waals surface area (Å²) in [5.41, 5.74) is 1.47. The van der Waals surface area contributed by atoms with E-state index in [0.717, 1.165) is 11.3 Å². The van der Waals surface area contributed by atoms with E-state index in [9.17, 15) is 8.42 Å². The van der Waals surface area contributed by atoms with Gasteiger partial charge in [0.1, 0.15) is 5.82 Å². The molecule has 3 aromatic rings. The van der Waals surface area contributed by atoms with E-state index in [4.69, 9.17) is 4.42 Å². The number of hydrogen-bond acceptors (Lipinski definition) is 7. The lowest BCUT2D eigenvalue weighted by Crippen LogP contribution is -1.98. The van der Waals surface area contributed by atoms with E-state index in [-0.39, 0.29) is 4.90 Å². The minimum absolute atomic E-state index is 0.270. The number of hydrogen-bond donors (Lipinski definition) is 1. The minimum atomic E-state index is -3.20. The highest BCUT2D eigenvalue weighted by Crippen LogP contribution is 2.22. The summed E-state index contributed by atoms with van der Waals surface area (Å²) in [5, 5.41) is 10.9. The van der Waals surface area contributed by atoms with Crippen LogP contribution >= 0.6 is 0 Å². The van der Waals surface area contributed by atoms with Crippen molar-refractivity contribution in [3.05, 3.63) is 48.5 Å². The van der Waals surface area contributed by atoms with Crippen LogP contribution in [0.2, 0.25) is 0 Å². The van der Waals surface area contributed by atoms with E-state index in [0.29, 0.717) is 17.6 Å². The Morgan fingerprint density at radius 1 is 1.09 bits per heavy atom. The fraction of sp³-hybridized carbons (Fsp3) is 0.133. The zero-order valence-electron chi connectivity index (χ0n) is 12.5. The predicted octanol–water partition coefficient (Wildman–Crippen LogP) is 2.59. The van der Waals surface area contributed by atoms with Gasteiger partial charge in [-0.1, -0.05) is 0 Å². The third-order valence-corrected chi connectivity index (χ3v) is 4.22. The van der Waals surface area contributed by atoms with Crippen molar-refractivity contribution in [2.75, 3.05) is 11.6 Å². The summed E-state index contributed by atoms with van der Waals surface area (Å²) in [6.45, 7) is 1.72. The summed E-state index contributed by atoms with van der Waals surface area (Å²) in [5.74, 6) is 1.49. The van der Waals surface area contributed by atoms with Crippen molar-refractivity contribution in [3.8, 4) is 11.5 Å². The number of aromatic nitrogens is 3. The zero-order valence-corrected chi connectivity index (χ0v) is 13.3. The molecule has 0 aliphatic heterocycles. The number of nitrogens with one attached hydrogen (secondary N) is 1. The van der Waals surface area contributed by atoms with E-state index >= 15 is 0 Å².